The number of hydrogen-bond donors (Lipinski definition) is 2. The molecule has 1 aliphatic heterocycles. The average molecular weight is 334 g/mol. The Hall–Kier alpha value is -1.92. The molecule has 1 saturated heterocycles. The standard InChI is InChI=1S/C18H26N2O4/c1-18(23)8-5-10-20(11-9-18)17(22)15(19)12-16(21)24-13-14-6-3-2-4-7-14/h2-4,6-7,15,23H,5,8-13,19H2,1H3/t15-,18?/m0/s1. The van der Waals surface area contributed by atoms with Crippen molar-refractivity contribution in [3.63, 3.8) is 0 Å². The van der Waals surface area contributed by atoms with Crippen molar-refractivity contribution in [1.29, 1.82) is 0 Å². The monoisotopic (exact) mass is 334 g/mol. The van der Waals surface area contributed by atoms with Crippen LogP contribution < -0.4 is 5.73 Å². The third-order valence-corrected chi connectivity index (χ3v) is 4.32. The van der Waals surface area contributed by atoms with Crippen molar-refractivity contribution in [2.75, 3.05) is 13.1 Å². The highest BCUT2D eigenvalue weighted by Crippen LogP contribution is 2.21. The fourth-order valence-corrected chi connectivity index (χ4v) is 2.78. The quantitative estimate of drug-likeness (QED) is 0.790. The molecule has 24 heavy (non-hydrogen) atoms. The number of benzene rings is 1. The second-order valence-electron chi connectivity index (χ2n) is 6.63. The van der Waals surface area contributed by atoms with Crippen LogP contribution in [0.1, 0.15) is 38.2 Å². The van der Waals surface area contributed by atoms with Gasteiger partial charge in [0.05, 0.1) is 18.1 Å². The summed E-state index contributed by atoms with van der Waals surface area (Å²) in [6, 6.07) is 8.44. The van der Waals surface area contributed by atoms with E-state index in [1.54, 1.807) is 11.8 Å². The number of nitrogens with two attached hydrogens (primary N) is 1. The van der Waals surface area contributed by atoms with E-state index in [4.69, 9.17) is 10.5 Å². The number of carbonyl (C=O) groups is 2. The molecule has 2 atom stereocenters. The topological polar surface area (TPSA) is 92.9 Å². The van der Waals surface area contributed by atoms with Gasteiger partial charge in [-0.05, 0) is 31.7 Å². The van der Waals surface area contributed by atoms with E-state index in [0.717, 1.165) is 12.0 Å². The van der Waals surface area contributed by atoms with E-state index in [-0.39, 0.29) is 18.9 Å². The molecule has 1 aromatic carbocycles. The average Bonchev–Trinajstić information content (AvgIpc) is 2.74. The van der Waals surface area contributed by atoms with Crippen LogP contribution in [0.25, 0.3) is 0 Å². The molecule has 0 bridgehead atoms. The number of amides is 1. The predicted octanol–water partition coefficient (Wildman–Crippen LogP) is 1.21. The normalized spacial score (nSPS) is 22.5. The van der Waals surface area contributed by atoms with Crippen LogP contribution in [0.3, 0.4) is 0 Å². The number of esters is 1. The van der Waals surface area contributed by atoms with Crippen molar-refractivity contribution < 1.29 is 19.4 Å². The second kappa shape index (κ2) is 8.26. The number of likely N-dealkylation sites (tertiary alicyclic amines) is 1. The van der Waals surface area contributed by atoms with E-state index in [1.165, 1.54) is 0 Å². The second-order valence-corrected chi connectivity index (χ2v) is 6.63. The summed E-state index contributed by atoms with van der Waals surface area (Å²) in [7, 11) is 0. The maximum Gasteiger partial charge on any atom is 0.308 e. The van der Waals surface area contributed by atoms with Crippen molar-refractivity contribution >= 4 is 11.9 Å². The summed E-state index contributed by atoms with van der Waals surface area (Å²) in [5.74, 6) is -0.745. The number of carbonyl (C=O) groups excluding carboxylic acids is 2. The lowest BCUT2D eigenvalue weighted by molar-refractivity contribution is -0.148. The number of aliphatic hydroxyl groups is 1. The van der Waals surface area contributed by atoms with E-state index in [9.17, 15) is 14.7 Å². The summed E-state index contributed by atoms with van der Waals surface area (Å²) < 4.78 is 5.16. The summed E-state index contributed by atoms with van der Waals surface area (Å²) in [5, 5.41) is 10.1. The van der Waals surface area contributed by atoms with Gasteiger partial charge in [-0.25, -0.2) is 0 Å². The van der Waals surface area contributed by atoms with Crippen LogP contribution in [0, 0.1) is 0 Å². The summed E-state index contributed by atoms with van der Waals surface area (Å²) in [6.45, 7) is 2.97. The van der Waals surface area contributed by atoms with Gasteiger partial charge in [-0.2, -0.15) is 0 Å². The number of ether oxygens (including phenoxy) is 1. The minimum atomic E-state index is -0.906. The van der Waals surface area contributed by atoms with Gasteiger partial charge in [0.1, 0.15) is 6.61 Å². The molecule has 1 fully saturated rings. The Morgan fingerprint density at radius 3 is 2.71 bits per heavy atom. The Balaban J connectivity index is 1.79. The number of nitrogens with zero attached hydrogens (tertiary/aromatic N) is 1. The van der Waals surface area contributed by atoms with Crippen molar-refractivity contribution in [2.24, 2.45) is 5.73 Å². The Morgan fingerprint density at radius 2 is 2.00 bits per heavy atom. The van der Waals surface area contributed by atoms with Gasteiger partial charge in [0.15, 0.2) is 0 Å². The van der Waals surface area contributed by atoms with E-state index >= 15 is 0 Å². The van der Waals surface area contributed by atoms with Crippen LogP contribution in [0.2, 0.25) is 0 Å². The molecule has 0 saturated carbocycles. The third-order valence-electron chi connectivity index (χ3n) is 4.32. The summed E-state index contributed by atoms with van der Waals surface area (Å²) in [4.78, 5) is 25.9. The molecule has 132 valence electrons. The smallest absolute Gasteiger partial charge is 0.308 e. The van der Waals surface area contributed by atoms with E-state index < -0.39 is 17.6 Å². The number of hydrogen-bond acceptors (Lipinski definition) is 5. The van der Waals surface area contributed by atoms with Crippen LogP contribution >= 0.6 is 0 Å². The van der Waals surface area contributed by atoms with Crippen LogP contribution in [-0.2, 0) is 20.9 Å². The molecule has 1 heterocycles. The van der Waals surface area contributed by atoms with Gasteiger partial charge in [-0.3, -0.25) is 9.59 Å². The SMILES string of the molecule is CC1(O)CCCN(C(=O)[C@@H](N)CC(=O)OCc2ccccc2)CC1. The molecule has 6 nitrogen and oxygen atoms in total. The minimum Gasteiger partial charge on any atom is -0.461 e. The summed E-state index contributed by atoms with van der Waals surface area (Å²) in [5.41, 5.74) is 6.03. The van der Waals surface area contributed by atoms with Gasteiger partial charge in [0.2, 0.25) is 5.91 Å². The largest absolute Gasteiger partial charge is 0.461 e. The van der Waals surface area contributed by atoms with Gasteiger partial charge in [-0.1, -0.05) is 30.3 Å². The molecule has 0 aromatic heterocycles. The van der Waals surface area contributed by atoms with Crippen molar-refractivity contribution in [3.8, 4) is 0 Å². The first-order valence-corrected chi connectivity index (χ1v) is 8.34. The van der Waals surface area contributed by atoms with Crippen LogP contribution in [0.5, 0.6) is 0 Å². The zero-order valence-electron chi connectivity index (χ0n) is 14.1. The Labute approximate surface area is 142 Å². The lowest BCUT2D eigenvalue weighted by Crippen LogP contribution is -2.45. The molecule has 1 aromatic rings. The van der Waals surface area contributed by atoms with Crippen molar-refractivity contribution in [2.45, 2.75) is 50.9 Å². The zero-order chi connectivity index (χ0) is 17.6. The van der Waals surface area contributed by atoms with E-state index in [0.29, 0.717) is 25.9 Å². The van der Waals surface area contributed by atoms with Crippen molar-refractivity contribution in [3.05, 3.63) is 35.9 Å². The molecule has 1 unspecified atom stereocenters. The maximum absolute atomic E-state index is 12.4. The Morgan fingerprint density at radius 1 is 1.29 bits per heavy atom. The highest BCUT2D eigenvalue weighted by Gasteiger charge is 2.30. The molecule has 0 spiro atoms. The Kier molecular flexibility index (Phi) is 6.34. The zero-order valence-corrected chi connectivity index (χ0v) is 14.1. The molecule has 0 aliphatic carbocycles. The van der Waals surface area contributed by atoms with Gasteiger partial charge in [-0.15, -0.1) is 0 Å². The molecular weight excluding hydrogens is 308 g/mol. The van der Waals surface area contributed by atoms with Crippen LogP contribution in [0.15, 0.2) is 30.3 Å². The highest BCUT2D eigenvalue weighted by molar-refractivity contribution is 5.86. The van der Waals surface area contributed by atoms with Gasteiger partial charge in [0.25, 0.3) is 0 Å². The fourth-order valence-electron chi connectivity index (χ4n) is 2.78. The first kappa shape index (κ1) is 18.4. The van der Waals surface area contributed by atoms with Crippen LogP contribution in [-0.4, -0.2) is 46.6 Å². The molecule has 1 amide bonds. The Bertz CT molecular complexity index is 559. The number of rotatable bonds is 5. The van der Waals surface area contributed by atoms with Crippen LogP contribution in [0.4, 0.5) is 0 Å². The first-order valence-electron chi connectivity index (χ1n) is 8.34. The van der Waals surface area contributed by atoms with Gasteiger partial charge < -0.3 is 20.5 Å². The fraction of sp³-hybridized carbons (Fsp3) is 0.556. The van der Waals surface area contributed by atoms with E-state index in [1.807, 2.05) is 30.3 Å². The lowest BCUT2D eigenvalue weighted by atomic mass is 9.98. The minimum absolute atomic E-state index is 0.140. The van der Waals surface area contributed by atoms with Crippen molar-refractivity contribution in [1.82, 2.24) is 4.90 Å². The molecule has 3 N–H and O–H groups in total. The van der Waals surface area contributed by atoms with E-state index in [2.05, 4.69) is 0 Å². The van der Waals surface area contributed by atoms with Gasteiger partial charge >= 0.3 is 5.97 Å². The maximum atomic E-state index is 12.4. The molecule has 0 radical (unpaired) electrons. The lowest BCUT2D eigenvalue weighted by Gasteiger charge is -2.24. The molecule has 1 aliphatic rings. The van der Waals surface area contributed by atoms with Gasteiger partial charge in [0, 0.05) is 13.1 Å². The summed E-state index contributed by atoms with van der Waals surface area (Å²) in [6.07, 6.45) is 1.76. The highest BCUT2D eigenvalue weighted by atomic mass is 16.5. The third kappa shape index (κ3) is 5.62. The summed E-state index contributed by atoms with van der Waals surface area (Å²) >= 11 is 0. The molecule has 6 heteroatoms. The molecular formula is C18H26N2O4. The first-order chi connectivity index (χ1) is 11.4. The predicted molar refractivity (Wildman–Crippen MR) is 89.9 cm³/mol. The molecule has 2 rings (SSSR count).